The van der Waals surface area contributed by atoms with Crippen LogP contribution in [-0.4, -0.2) is 22.2 Å². The first-order valence-corrected chi connectivity index (χ1v) is 5.81. The number of rotatable bonds is 5. The standard InChI is InChI=1S/C13H16N2O4/c1-9(2)13(3,16)8-19-12-5-4-10(7-14)6-11(12)15(17)18/h4-6,9,16H,8H2,1-3H3. The maximum Gasteiger partial charge on any atom is 0.312 e. The fourth-order valence-corrected chi connectivity index (χ4v) is 1.24. The topological polar surface area (TPSA) is 96.4 Å². The third-order valence-electron chi connectivity index (χ3n) is 3.05. The van der Waals surface area contributed by atoms with E-state index in [0.29, 0.717) is 0 Å². The van der Waals surface area contributed by atoms with Crippen molar-refractivity contribution in [3.8, 4) is 11.8 Å². The maximum absolute atomic E-state index is 10.9. The first-order valence-electron chi connectivity index (χ1n) is 5.81. The number of ether oxygens (including phenoxy) is 1. The van der Waals surface area contributed by atoms with Gasteiger partial charge >= 0.3 is 5.69 Å². The van der Waals surface area contributed by atoms with Crippen molar-refractivity contribution < 1.29 is 14.8 Å². The Hall–Kier alpha value is -2.13. The van der Waals surface area contributed by atoms with Gasteiger partial charge in [-0.05, 0) is 25.0 Å². The normalized spacial score (nSPS) is 13.7. The van der Waals surface area contributed by atoms with Crippen molar-refractivity contribution in [1.29, 1.82) is 5.26 Å². The van der Waals surface area contributed by atoms with Gasteiger partial charge in [0, 0.05) is 6.07 Å². The van der Waals surface area contributed by atoms with Gasteiger partial charge in [0.1, 0.15) is 6.61 Å². The first-order chi connectivity index (χ1) is 8.77. The number of hydrogen-bond acceptors (Lipinski definition) is 5. The minimum Gasteiger partial charge on any atom is -0.484 e. The van der Waals surface area contributed by atoms with Crippen LogP contribution in [0.15, 0.2) is 18.2 Å². The van der Waals surface area contributed by atoms with Crippen molar-refractivity contribution in [3.05, 3.63) is 33.9 Å². The van der Waals surface area contributed by atoms with Gasteiger partial charge in [0.2, 0.25) is 0 Å². The second kappa shape index (κ2) is 5.67. The lowest BCUT2D eigenvalue weighted by Crippen LogP contribution is -2.37. The van der Waals surface area contributed by atoms with E-state index in [4.69, 9.17) is 10.00 Å². The molecule has 0 saturated heterocycles. The van der Waals surface area contributed by atoms with Crippen LogP contribution in [0.4, 0.5) is 5.69 Å². The molecule has 19 heavy (non-hydrogen) atoms. The zero-order valence-electron chi connectivity index (χ0n) is 11.1. The van der Waals surface area contributed by atoms with E-state index in [1.54, 1.807) is 6.92 Å². The molecule has 1 unspecified atom stereocenters. The highest BCUT2D eigenvalue weighted by molar-refractivity contribution is 5.51. The molecule has 6 heteroatoms. The van der Waals surface area contributed by atoms with Crippen molar-refractivity contribution in [1.82, 2.24) is 0 Å². The highest BCUT2D eigenvalue weighted by Gasteiger charge is 2.27. The number of nitro groups is 1. The van der Waals surface area contributed by atoms with Crippen LogP contribution in [0.1, 0.15) is 26.3 Å². The average Bonchev–Trinajstić information content (AvgIpc) is 2.35. The van der Waals surface area contributed by atoms with Gasteiger partial charge in [0.05, 0.1) is 22.2 Å². The Labute approximate surface area is 111 Å². The molecule has 0 bridgehead atoms. The molecule has 0 aliphatic heterocycles. The van der Waals surface area contributed by atoms with E-state index in [-0.39, 0.29) is 29.5 Å². The summed E-state index contributed by atoms with van der Waals surface area (Å²) in [6.45, 7) is 5.21. The zero-order valence-corrected chi connectivity index (χ0v) is 11.1. The molecule has 0 radical (unpaired) electrons. The quantitative estimate of drug-likeness (QED) is 0.649. The summed E-state index contributed by atoms with van der Waals surface area (Å²) in [6.07, 6.45) is 0. The van der Waals surface area contributed by atoms with Gasteiger partial charge in [-0.2, -0.15) is 5.26 Å². The van der Waals surface area contributed by atoms with Gasteiger partial charge in [-0.25, -0.2) is 0 Å². The molecule has 1 aromatic rings. The lowest BCUT2D eigenvalue weighted by atomic mass is 9.94. The van der Waals surface area contributed by atoms with Crippen LogP contribution < -0.4 is 4.74 Å². The van der Waals surface area contributed by atoms with E-state index in [9.17, 15) is 15.2 Å². The number of nitrogens with zero attached hydrogens (tertiary/aromatic N) is 2. The molecule has 0 spiro atoms. The van der Waals surface area contributed by atoms with Gasteiger partial charge in [-0.15, -0.1) is 0 Å². The molecule has 0 aliphatic carbocycles. The average molecular weight is 264 g/mol. The van der Waals surface area contributed by atoms with E-state index >= 15 is 0 Å². The lowest BCUT2D eigenvalue weighted by molar-refractivity contribution is -0.386. The molecule has 6 nitrogen and oxygen atoms in total. The summed E-state index contributed by atoms with van der Waals surface area (Å²) in [5.74, 6) is -0.00476. The summed E-state index contributed by atoms with van der Waals surface area (Å²) >= 11 is 0. The third kappa shape index (κ3) is 3.66. The van der Waals surface area contributed by atoms with Crippen LogP contribution in [0.25, 0.3) is 0 Å². The fraction of sp³-hybridized carbons (Fsp3) is 0.462. The molecule has 0 aliphatic rings. The van der Waals surface area contributed by atoms with Crippen molar-refractivity contribution in [3.63, 3.8) is 0 Å². The Balaban J connectivity index is 2.96. The van der Waals surface area contributed by atoms with E-state index in [0.717, 1.165) is 6.07 Å². The van der Waals surface area contributed by atoms with Crippen LogP contribution >= 0.6 is 0 Å². The predicted octanol–water partition coefficient (Wildman–Crippen LogP) is 2.25. The third-order valence-corrected chi connectivity index (χ3v) is 3.05. The number of nitriles is 1. The van der Waals surface area contributed by atoms with Gasteiger partial charge < -0.3 is 9.84 Å². The molecule has 1 N–H and O–H groups in total. The number of benzene rings is 1. The SMILES string of the molecule is CC(C)C(C)(O)COc1ccc(C#N)cc1[N+](=O)[O-]. The van der Waals surface area contributed by atoms with E-state index in [1.807, 2.05) is 19.9 Å². The van der Waals surface area contributed by atoms with Crippen LogP contribution in [0.3, 0.4) is 0 Å². The molecule has 0 amide bonds. The molecule has 102 valence electrons. The summed E-state index contributed by atoms with van der Waals surface area (Å²) in [6, 6.07) is 5.79. The Kier molecular flexibility index (Phi) is 4.46. The molecule has 0 fully saturated rings. The van der Waals surface area contributed by atoms with Crippen LogP contribution in [0.5, 0.6) is 5.75 Å². The Morgan fingerprint density at radius 3 is 2.68 bits per heavy atom. The Bertz CT molecular complexity index is 518. The number of hydrogen-bond donors (Lipinski definition) is 1. The number of aliphatic hydroxyl groups is 1. The lowest BCUT2D eigenvalue weighted by Gasteiger charge is -2.27. The van der Waals surface area contributed by atoms with Crippen molar-refractivity contribution in [2.75, 3.05) is 6.61 Å². The predicted molar refractivity (Wildman–Crippen MR) is 68.8 cm³/mol. The number of nitro benzene ring substituents is 1. The fourth-order valence-electron chi connectivity index (χ4n) is 1.24. The summed E-state index contributed by atoms with van der Waals surface area (Å²) in [7, 11) is 0. The van der Waals surface area contributed by atoms with E-state index in [1.165, 1.54) is 12.1 Å². The van der Waals surface area contributed by atoms with Crippen LogP contribution in [0, 0.1) is 27.4 Å². The van der Waals surface area contributed by atoms with Gasteiger partial charge in [-0.3, -0.25) is 10.1 Å². The summed E-state index contributed by atoms with van der Waals surface area (Å²) in [5.41, 5.74) is -1.17. The molecule has 0 heterocycles. The highest BCUT2D eigenvalue weighted by Crippen LogP contribution is 2.29. The monoisotopic (exact) mass is 264 g/mol. The zero-order chi connectivity index (χ0) is 14.6. The largest absolute Gasteiger partial charge is 0.484 e. The minimum absolute atomic E-state index is 0.0462. The first kappa shape index (κ1) is 14.9. The van der Waals surface area contributed by atoms with Crippen molar-refractivity contribution in [2.45, 2.75) is 26.4 Å². The summed E-state index contributed by atoms with van der Waals surface area (Å²) in [4.78, 5) is 10.3. The smallest absolute Gasteiger partial charge is 0.312 e. The van der Waals surface area contributed by atoms with Gasteiger partial charge in [0.25, 0.3) is 0 Å². The maximum atomic E-state index is 10.9. The van der Waals surface area contributed by atoms with Crippen LogP contribution in [0.2, 0.25) is 0 Å². The molecular formula is C13H16N2O4. The second-order valence-electron chi connectivity index (χ2n) is 4.85. The van der Waals surface area contributed by atoms with Crippen molar-refractivity contribution >= 4 is 5.69 Å². The Morgan fingerprint density at radius 2 is 2.21 bits per heavy atom. The van der Waals surface area contributed by atoms with Crippen molar-refractivity contribution in [2.24, 2.45) is 5.92 Å². The second-order valence-corrected chi connectivity index (χ2v) is 4.85. The molecule has 1 aromatic carbocycles. The molecule has 0 saturated carbocycles. The molecule has 1 atom stereocenters. The molecule has 0 aromatic heterocycles. The van der Waals surface area contributed by atoms with Gasteiger partial charge in [0.15, 0.2) is 5.75 Å². The van der Waals surface area contributed by atoms with E-state index in [2.05, 4.69) is 0 Å². The van der Waals surface area contributed by atoms with E-state index < -0.39 is 10.5 Å². The summed E-state index contributed by atoms with van der Waals surface area (Å²) in [5, 5.41) is 29.7. The molecule has 1 rings (SSSR count). The van der Waals surface area contributed by atoms with Gasteiger partial charge in [-0.1, -0.05) is 13.8 Å². The van der Waals surface area contributed by atoms with Crippen LogP contribution in [-0.2, 0) is 0 Å². The summed E-state index contributed by atoms with van der Waals surface area (Å²) < 4.78 is 5.32. The molecular weight excluding hydrogens is 248 g/mol. The Morgan fingerprint density at radius 1 is 1.58 bits per heavy atom. The minimum atomic E-state index is -1.08. The highest BCUT2D eigenvalue weighted by atomic mass is 16.6.